The minimum absolute atomic E-state index is 0.437. The van der Waals surface area contributed by atoms with Crippen molar-refractivity contribution in [2.24, 2.45) is 0 Å². The van der Waals surface area contributed by atoms with Gasteiger partial charge in [-0.05, 0) is 48.2 Å². The summed E-state index contributed by atoms with van der Waals surface area (Å²) < 4.78 is 28.4. The van der Waals surface area contributed by atoms with Crippen molar-refractivity contribution in [3.05, 3.63) is 94.3 Å². The van der Waals surface area contributed by atoms with Crippen molar-refractivity contribution >= 4 is 17.9 Å². The molecule has 1 saturated heterocycles. The Labute approximate surface area is 303 Å². The van der Waals surface area contributed by atoms with Crippen LogP contribution in [0.1, 0.15) is 42.9 Å². The third kappa shape index (κ3) is 8.18. The Hall–Kier alpha value is -6.67. The van der Waals surface area contributed by atoms with E-state index < -0.39 is 130 Å². The first-order chi connectivity index (χ1) is 25.6. The van der Waals surface area contributed by atoms with E-state index >= 15 is 0 Å². The molecule has 5 rings (SSSR count). The molecule has 4 aromatic carbocycles. The van der Waals surface area contributed by atoms with Crippen LogP contribution in [-0.4, -0.2) is 113 Å². The average molecular weight is 755 g/mol. The minimum atomic E-state index is -2.07. The molecule has 1 aliphatic heterocycles. The number of carbonyl (C=O) groups excluding carboxylic acids is 3. The summed E-state index contributed by atoms with van der Waals surface area (Å²) in [5, 5.41) is 105. The molecule has 0 saturated carbocycles. The molecule has 10 N–H and O–H groups in total. The topological polar surface area (TPSA) is 314 Å². The second-order valence-corrected chi connectivity index (χ2v) is 11.6. The molecule has 19 nitrogen and oxygen atoms in total. The predicted octanol–water partition coefficient (Wildman–Crippen LogP) is 2.45. The van der Waals surface area contributed by atoms with Gasteiger partial charge in [0.25, 0.3) is 0 Å². The van der Waals surface area contributed by atoms with E-state index in [4.69, 9.17) is 23.7 Å². The third-order valence-electron chi connectivity index (χ3n) is 7.98. The van der Waals surface area contributed by atoms with Gasteiger partial charge in [0, 0.05) is 0 Å². The summed E-state index contributed by atoms with van der Waals surface area (Å²) in [5.41, 5.74) is -1.13. The maximum atomic E-state index is 13.5. The van der Waals surface area contributed by atoms with E-state index in [1.54, 1.807) is 30.3 Å². The standard InChI is InChI=1S/C35H32NO18/c1-36-31(14-5-3-2-4-6-14)54-35-30(53-34(49)17-11-22(41)27(45)23(42)12-17)29(52-33(48)16-9-20(39)26(44)21(40)10-16)28(46)24(51-35)13-50-32(47)15-7-18(37)25(43)19(38)8-15/h2-12,24,28-31,35,37-46H,13H2,1H3/q-1. The van der Waals surface area contributed by atoms with Gasteiger partial charge in [-0.15, -0.1) is 0 Å². The molecule has 0 aromatic heterocycles. The number of hydrogen-bond acceptors (Lipinski definition) is 18. The number of esters is 3. The highest BCUT2D eigenvalue weighted by Crippen LogP contribution is 2.39. The maximum absolute atomic E-state index is 13.5. The Kier molecular flexibility index (Phi) is 11.4. The van der Waals surface area contributed by atoms with Gasteiger partial charge in [-0.3, -0.25) is 0 Å². The van der Waals surface area contributed by atoms with Crippen molar-refractivity contribution in [3.8, 4) is 51.7 Å². The van der Waals surface area contributed by atoms with Crippen LogP contribution in [0.15, 0.2) is 66.7 Å². The molecule has 286 valence electrons. The van der Waals surface area contributed by atoms with Crippen molar-refractivity contribution in [1.29, 1.82) is 0 Å². The normalized spacial score (nSPS) is 20.1. The molecule has 4 aromatic rings. The summed E-state index contributed by atoms with van der Waals surface area (Å²) >= 11 is 0. The van der Waals surface area contributed by atoms with Crippen LogP contribution in [0.25, 0.3) is 5.32 Å². The molecule has 6 unspecified atom stereocenters. The predicted molar refractivity (Wildman–Crippen MR) is 177 cm³/mol. The Morgan fingerprint density at radius 1 is 0.648 bits per heavy atom. The Morgan fingerprint density at radius 2 is 1.06 bits per heavy atom. The molecule has 6 atom stereocenters. The second kappa shape index (κ2) is 15.9. The summed E-state index contributed by atoms with van der Waals surface area (Å²) in [6.45, 7) is -0.864. The first kappa shape index (κ1) is 38.6. The van der Waals surface area contributed by atoms with Gasteiger partial charge in [-0.1, -0.05) is 30.3 Å². The molecule has 0 radical (unpaired) electrons. The molecule has 1 heterocycles. The lowest BCUT2D eigenvalue weighted by Gasteiger charge is -2.45. The summed E-state index contributed by atoms with van der Waals surface area (Å²) in [7, 11) is 1.36. The highest BCUT2D eigenvalue weighted by Gasteiger charge is 2.51. The number of phenols is 9. The minimum Gasteiger partial charge on any atom is -0.635 e. The Morgan fingerprint density at radius 3 is 1.48 bits per heavy atom. The number of phenolic OH excluding ortho intramolecular Hbond substituents is 9. The van der Waals surface area contributed by atoms with Crippen molar-refractivity contribution in [1.82, 2.24) is 0 Å². The van der Waals surface area contributed by atoms with Crippen molar-refractivity contribution in [2.75, 3.05) is 13.7 Å². The molecule has 0 bridgehead atoms. The average Bonchev–Trinajstić information content (AvgIpc) is 3.14. The number of aromatic hydroxyl groups is 9. The Balaban J connectivity index is 1.54. The molecule has 0 amide bonds. The summed E-state index contributed by atoms with van der Waals surface area (Å²) in [6, 6.07) is 12.7. The SMILES string of the molecule is C[N-]C(OC1OC(COC(=O)c2cc(O)c(O)c(O)c2)C(O)C(OC(=O)c2cc(O)c(O)c(O)c2)C1OC(=O)c1cc(O)c(O)c(O)c1)c1ccccc1. The number of hydrogen-bond donors (Lipinski definition) is 10. The molecule has 1 aliphatic rings. The van der Waals surface area contributed by atoms with Gasteiger partial charge in [0.1, 0.15) is 18.8 Å². The number of rotatable bonds is 11. The zero-order valence-corrected chi connectivity index (χ0v) is 27.7. The summed E-state index contributed by atoms with van der Waals surface area (Å²) in [4.78, 5) is 39.8. The van der Waals surface area contributed by atoms with Crippen LogP contribution < -0.4 is 0 Å². The maximum Gasteiger partial charge on any atom is 0.339 e. The molecule has 19 heteroatoms. The highest BCUT2D eigenvalue weighted by atomic mass is 16.7. The smallest absolute Gasteiger partial charge is 0.339 e. The number of aliphatic hydroxyl groups excluding tert-OH is 1. The van der Waals surface area contributed by atoms with E-state index in [-0.39, 0.29) is 0 Å². The zero-order valence-electron chi connectivity index (χ0n) is 27.7. The van der Waals surface area contributed by atoms with Gasteiger partial charge in [0.05, 0.1) is 16.7 Å². The lowest BCUT2D eigenvalue weighted by molar-refractivity contribution is -0.307. The lowest BCUT2D eigenvalue weighted by atomic mass is 9.98. The summed E-state index contributed by atoms with van der Waals surface area (Å²) in [6.07, 6.45) is -10.8. The van der Waals surface area contributed by atoms with Gasteiger partial charge >= 0.3 is 17.9 Å². The van der Waals surface area contributed by atoms with E-state index in [2.05, 4.69) is 5.32 Å². The fraction of sp³-hybridized carbons (Fsp3) is 0.229. The Bertz CT molecular complexity index is 1970. The largest absolute Gasteiger partial charge is 0.635 e. The van der Waals surface area contributed by atoms with Gasteiger partial charge in [-0.2, -0.15) is 7.05 Å². The monoisotopic (exact) mass is 754 g/mol. The van der Waals surface area contributed by atoms with Crippen molar-refractivity contribution in [3.63, 3.8) is 0 Å². The van der Waals surface area contributed by atoms with Gasteiger partial charge in [-0.25, -0.2) is 14.4 Å². The fourth-order valence-corrected chi connectivity index (χ4v) is 5.22. The lowest BCUT2D eigenvalue weighted by Crippen LogP contribution is -2.62. The fourth-order valence-electron chi connectivity index (χ4n) is 5.22. The molecule has 0 aliphatic carbocycles. The summed E-state index contributed by atoms with van der Waals surface area (Å²) in [5.74, 6) is -12.2. The van der Waals surface area contributed by atoms with Crippen LogP contribution in [0.4, 0.5) is 0 Å². The number of aliphatic hydroxyl groups is 1. The van der Waals surface area contributed by atoms with E-state index in [9.17, 15) is 65.4 Å². The van der Waals surface area contributed by atoms with Crippen LogP contribution in [0, 0.1) is 0 Å². The van der Waals surface area contributed by atoms with Crippen LogP contribution >= 0.6 is 0 Å². The number of benzene rings is 4. The van der Waals surface area contributed by atoms with Crippen LogP contribution in [-0.2, 0) is 23.7 Å². The van der Waals surface area contributed by atoms with Crippen LogP contribution in [0.2, 0.25) is 0 Å². The van der Waals surface area contributed by atoms with Crippen LogP contribution in [0.3, 0.4) is 0 Å². The third-order valence-corrected chi connectivity index (χ3v) is 7.98. The van der Waals surface area contributed by atoms with Gasteiger partial charge in [0.2, 0.25) is 0 Å². The van der Waals surface area contributed by atoms with Crippen molar-refractivity contribution in [2.45, 2.75) is 36.9 Å². The molecule has 0 spiro atoms. The quantitative estimate of drug-likeness (QED) is 0.0597. The first-order valence-electron chi connectivity index (χ1n) is 15.6. The van der Waals surface area contributed by atoms with E-state index in [0.29, 0.717) is 17.7 Å². The molecular formula is C35H32NO18-. The van der Waals surface area contributed by atoms with E-state index in [1.165, 1.54) is 7.05 Å². The van der Waals surface area contributed by atoms with Gasteiger partial charge < -0.3 is 80.1 Å². The van der Waals surface area contributed by atoms with Gasteiger partial charge in [0.15, 0.2) is 70.2 Å². The van der Waals surface area contributed by atoms with E-state index in [0.717, 1.165) is 24.3 Å². The number of ether oxygens (including phenoxy) is 5. The first-order valence-corrected chi connectivity index (χ1v) is 15.6. The molecule has 1 fully saturated rings. The van der Waals surface area contributed by atoms with E-state index in [1.807, 2.05) is 0 Å². The molecule has 54 heavy (non-hydrogen) atoms. The zero-order chi connectivity index (χ0) is 39.4. The number of carbonyl (C=O) groups is 3. The number of nitrogens with zero attached hydrogens (tertiary/aromatic N) is 1. The highest BCUT2D eigenvalue weighted by molar-refractivity contribution is 5.92. The van der Waals surface area contributed by atoms with Crippen LogP contribution in [0.5, 0.6) is 51.7 Å². The second-order valence-electron chi connectivity index (χ2n) is 11.6. The molecular weight excluding hydrogens is 722 g/mol. The van der Waals surface area contributed by atoms with Crippen molar-refractivity contribution < 1.29 is 89.1 Å².